The summed E-state index contributed by atoms with van der Waals surface area (Å²) in [5.41, 5.74) is -0.558. The maximum Gasteiger partial charge on any atom is 0.505 e. The van der Waals surface area contributed by atoms with Gasteiger partial charge in [0.1, 0.15) is 0 Å². The number of hydrogen-bond acceptors (Lipinski definition) is 6. The van der Waals surface area contributed by atoms with Crippen LogP contribution >= 0.6 is 0 Å². The summed E-state index contributed by atoms with van der Waals surface area (Å²) in [6.45, 7) is 0.698. The van der Waals surface area contributed by atoms with Crippen LogP contribution in [-0.4, -0.2) is 37.7 Å². The van der Waals surface area contributed by atoms with Gasteiger partial charge in [0, 0.05) is 0 Å². The fraction of sp³-hybridized carbons (Fsp3) is 0.500. The Morgan fingerprint density at radius 2 is 2.12 bits per heavy atom. The summed E-state index contributed by atoms with van der Waals surface area (Å²) >= 11 is 0. The van der Waals surface area contributed by atoms with Gasteiger partial charge in [-0.2, -0.15) is 0 Å². The summed E-state index contributed by atoms with van der Waals surface area (Å²) < 4.78 is 14.7. The molecule has 0 bridgehead atoms. The van der Waals surface area contributed by atoms with Crippen LogP contribution in [0.4, 0.5) is 0 Å². The first kappa shape index (κ1) is 13.2. The lowest BCUT2D eigenvalue weighted by atomic mass is 10.3. The van der Waals surface area contributed by atoms with Crippen molar-refractivity contribution in [3.63, 3.8) is 0 Å². The first-order chi connectivity index (χ1) is 8.19. The van der Waals surface area contributed by atoms with Crippen molar-refractivity contribution in [1.29, 1.82) is 5.39 Å². The summed E-state index contributed by atoms with van der Waals surface area (Å²) in [6, 6.07) is 0. The van der Waals surface area contributed by atoms with Gasteiger partial charge in [-0.3, -0.25) is 0 Å². The molecule has 1 heterocycles. The third-order valence-corrected chi connectivity index (χ3v) is 2.04. The number of ether oxygens (including phenoxy) is 3. The van der Waals surface area contributed by atoms with Crippen LogP contribution in [0.5, 0.6) is 0 Å². The van der Waals surface area contributed by atoms with Gasteiger partial charge in [-0.15, -0.1) is 0 Å². The molecule has 1 N–H and O–H groups in total. The molecule has 1 aliphatic rings. The molecular weight excluding hydrogens is 228 g/mol. The topological polar surface area (TPSA) is 93.1 Å². The zero-order valence-corrected chi connectivity index (χ0v) is 9.33. The fourth-order valence-corrected chi connectivity index (χ4v) is 1.20. The molecule has 0 aromatic heterocycles. The third-order valence-electron chi connectivity index (χ3n) is 2.04. The summed E-state index contributed by atoms with van der Waals surface area (Å²) in [4.78, 5) is 13.8. The molecule has 1 aliphatic heterocycles. The Hall–Kier alpha value is -1.91. The minimum absolute atomic E-state index is 0.101. The number of rotatable bonds is 3. The first-order valence-corrected chi connectivity index (χ1v) is 4.92. The average molecular weight is 241 g/mol. The highest BCUT2D eigenvalue weighted by Crippen LogP contribution is 2.15. The Morgan fingerprint density at radius 1 is 1.53 bits per heavy atom. The fourth-order valence-electron chi connectivity index (χ4n) is 1.20. The second-order valence-electron chi connectivity index (χ2n) is 3.16. The molecule has 17 heavy (non-hydrogen) atoms. The zero-order chi connectivity index (χ0) is 12.7. The van der Waals surface area contributed by atoms with Crippen molar-refractivity contribution in [3.05, 3.63) is 28.6 Å². The van der Waals surface area contributed by atoms with Gasteiger partial charge in [0.2, 0.25) is 11.2 Å². The molecule has 0 unspecified atom stereocenters. The number of methoxy groups -OCH3 is 1. The molecule has 0 aliphatic carbocycles. The smallest absolute Gasteiger partial charge is 0.505 e. The molecule has 1 rings (SSSR count). The summed E-state index contributed by atoms with van der Waals surface area (Å²) in [5, 5.41) is 18.2. The molecule has 0 saturated carbocycles. The largest absolute Gasteiger partial charge is 0.505 e. The molecule has 0 aromatic rings. The quantitative estimate of drug-likeness (QED) is 0.261. The minimum Gasteiger partial charge on any atom is -0.505 e. The van der Waals surface area contributed by atoms with E-state index in [1.807, 2.05) is 0 Å². The van der Waals surface area contributed by atoms with Gasteiger partial charge < -0.3 is 19.3 Å². The van der Waals surface area contributed by atoms with Crippen molar-refractivity contribution in [1.82, 2.24) is 0 Å². The normalized spacial score (nSPS) is 17.9. The van der Waals surface area contributed by atoms with Crippen LogP contribution in [0, 0.1) is 5.39 Å². The molecule has 0 atom stereocenters. The molecule has 0 amide bonds. The maximum absolute atomic E-state index is 11.1. The van der Waals surface area contributed by atoms with Crippen molar-refractivity contribution in [2.45, 2.75) is 12.7 Å². The Bertz CT molecular complexity index is 373. The zero-order valence-electron chi connectivity index (χ0n) is 9.33. The molecule has 0 aromatic carbocycles. The molecule has 0 radical (unpaired) electrons. The van der Waals surface area contributed by atoms with E-state index in [-0.39, 0.29) is 6.42 Å². The van der Waals surface area contributed by atoms with E-state index >= 15 is 0 Å². The molecule has 0 spiro atoms. The number of aliphatic hydroxyl groups is 1. The number of carbonyl (C=O) groups excluding carboxylic acids is 1. The maximum atomic E-state index is 11.1. The van der Waals surface area contributed by atoms with Crippen LogP contribution in [-0.2, 0) is 19.0 Å². The summed E-state index contributed by atoms with van der Waals surface area (Å²) in [7, 11) is 1.11. The SMILES string of the molecule is COC(=O)/C([N+]#N)=C(\O)CC1OCC=CCO1. The van der Waals surface area contributed by atoms with E-state index in [2.05, 4.69) is 9.71 Å². The van der Waals surface area contributed by atoms with Gasteiger partial charge >= 0.3 is 11.7 Å². The highest BCUT2D eigenvalue weighted by Gasteiger charge is 2.31. The predicted octanol–water partition coefficient (Wildman–Crippen LogP) is 1.10. The first-order valence-electron chi connectivity index (χ1n) is 4.92. The lowest BCUT2D eigenvalue weighted by Gasteiger charge is -2.13. The van der Waals surface area contributed by atoms with Crippen molar-refractivity contribution < 1.29 is 24.1 Å². The Morgan fingerprint density at radius 3 is 2.59 bits per heavy atom. The van der Waals surface area contributed by atoms with Gasteiger partial charge in [-0.1, -0.05) is 12.2 Å². The van der Waals surface area contributed by atoms with Crippen LogP contribution in [0.15, 0.2) is 23.6 Å². The number of nitrogens with zero attached hydrogens (tertiary/aromatic N) is 2. The Labute approximate surface area is 97.9 Å². The van der Waals surface area contributed by atoms with E-state index in [0.29, 0.717) is 13.2 Å². The second-order valence-corrected chi connectivity index (χ2v) is 3.16. The average Bonchev–Trinajstić information content (AvgIpc) is 2.58. The van der Waals surface area contributed by atoms with Gasteiger partial charge in [-0.05, 0) is 0 Å². The van der Waals surface area contributed by atoms with E-state index in [9.17, 15) is 9.90 Å². The minimum atomic E-state index is -0.934. The van der Waals surface area contributed by atoms with Gasteiger partial charge in [-0.25, -0.2) is 4.79 Å². The third kappa shape index (κ3) is 3.86. The number of esters is 1. The Balaban J connectivity index is 2.68. The van der Waals surface area contributed by atoms with Crippen LogP contribution in [0.1, 0.15) is 6.42 Å². The summed E-state index contributed by atoms with van der Waals surface area (Å²) in [6.07, 6.45) is 2.75. The standard InChI is InChI=1S/C10H12N2O5/c1-15-10(14)9(12-11)7(13)6-8-16-4-2-3-5-17-8/h2-3,8H,4-6H2,1H3/p+1. The highest BCUT2D eigenvalue weighted by atomic mass is 16.7. The highest BCUT2D eigenvalue weighted by molar-refractivity contribution is 5.90. The summed E-state index contributed by atoms with van der Waals surface area (Å²) in [5.74, 6) is -1.39. The van der Waals surface area contributed by atoms with Crippen molar-refractivity contribution >= 4 is 5.97 Å². The van der Waals surface area contributed by atoms with Crippen LogP contribution < -0.4 is 0 Å². The van der Waals surface area contributed by atoms with Crippen molar-refractivity contribution in [3.8, 4) is 0 Å². The van der Waals surface area contributed by atoms with E-state index in [1.165, 1.54) is 0 Å². The monoisotopic (exact) mass is 241 g/mol. The second kappa shape index (κ2) is 6.62. The van der Waals surface area contributed by atoms with Gasteiger partial charge in [0.05, 0.1) is 26.7 Å². The van der Waals surface area contributed by atoms with Crippen LogP contribution in [0.25, 0.3) is 4.98 Å². The predicted molar refractivity (Wildman–Crippen MR) is 56.2 cm³/mol. The Kier molecular flexibility index (Phi) is 5.13. The molecule has 7 nitrogen and oxygen atoms in total. The van der Waals surface area contributed by atoms with Gasteiger partial charge in [0.25, 0.3) is 0 Å². The van der Waals surface area contributed by atoms with E-state index in [1.54, 1.807) is 12.2 Å². The van der Waals surface area contributed by atoms with Crippen LogP contribution in [0.3, 0.4) is 0 Å². The number of aliphatic hydroxyl groups excluding tert-OH is 1. The molecule has 0 saturated heterocycles. The van der Waals surface area contributed by atoms with Gasteiger partial charge in [0.15, 0.2) is 11.3 Å². The van der Waals surface area contributed by atoms with Crippen molar-refractivity contribution in [2.24, 2.45) is 0 Å². The lowest BCUT2D eigenvalue weighted by Crippen LogP contribution is -2.18. The number of carbonyl (C=O) groups is 1. The van der Waals surface area contributed by atoms with E-state index < -0.39 is 23.7 Å². The molecule has 0 fully saturated rings. The molecular formula is C10H13N2O5+. The number of diazo groups is 1. The number of hydrogen-bond donors (Lipinski definition) is 1. The van der Waals surface area contributed by atoms with E-state index in [4.69, 9.17) is 14.9 Å². The molecule has 7 heteroatoms. The van der Waals surface area contributed by atoms with E-state index in [0.717, 1.165) is 7.11 Å². The van der Waals surface area contributed by atoms with Crippen LogP contribution in [0.2, 0.25) is 0 Å². The molecule has 92 valence electrons. The lowest BCUT2D eigenvalue weighted by molar-refractivity contribution is -0.136. The van der Waals surface area contributed by atoms with Crippen molar-refractivity contribution in [2.75, 3.05) is 20.3 Å².